The molecule has 0 saturated carbocycles. The van der Waals surface area contributed by atoms with E-state index in [1.54, 1.807) is 37.4 Å². The summed E-state index contributed by atoms with van der Waals surface area (Å²) in [4.78, 5) is 30.1. The highest BCUT2D eigenvalue weighted by Crippen LogP contribution is 2.35. The summed E-state index contributed by atoms with van der Waals surface area (Å²) in [6.07, 6.45) is 0.473. The summed E-state index contributed by atoms with van der Waals surface area (Å²) in [6.45, 7) is 3.58. The third kappa shape index (κ3) is 4.81. The molecule has 0 atom stereocenters. The second-order valence-electron chi connectivity index (χ2n) is 6.24. The third-order valence-electron chi connectivity index (χ3n) is 4.26. The normalized spacial score (nSPS) is 10.4. The van der Waals surface area contributed by atoms with Crippen molar-refractivity contribution in [3.63, 3.8) is 0 Å². The first-order valence-electron chi connectivity index (χ1n) is 9.17. The fourth-order valence-corrected chi connectivity index (χ4v) is 3.65. The lowest BCUT2D eigenvalue weighted by atomic mass is 10.1. The Morgan fingerprint density at radius 1 is 1.10 bits per heavy atom. The fourth-order valence-electron chi connectivity index (χ4n) is 2.79. The van der Waals surface area contributed by atoms with E-state index in [0.717, 1.165) is 0 Å². The van der Waals surface area contributed by atoms with Gasteiger partial charge in [0.1, 0.15) is 18.1 Å². The Bertz CT molecular complexity index is 998. The molecular formula is C22H22N2O4S. The molecule has 3 aromatic rings. The molecule has 6 nitrogen and oxygen atoms in total. The summed E-state index contributed by atoms with van der Waals surface area (Å²) in [5, 5.41) is 2.40. The van der Waals surface area contributed by atoms with E-state index in [1.807, 2.05) is 30.5 Å². The zero-order valence-corrected chi connectivity index (χ0v) is 17.4. The lowest BCUT2D eigenvalue weighted by molar-refractivity contribution is -0.115. The summed E-state index contributed by atoms with van der Waals surface area (Å²) in [5.41, 5.74) is 2.02. The van der Waals surface area contributed by atoms with Gasteiger partial charge in [-0.05, 0) is 36.4 Å². The molecule has 0 fully saturated rings. The number of para-hydroxylation sites is 2. The molecule has 1 aromatic heterocycles. The van der Waals surface area contributed by atoms with Crippen molar-refractivity contribution < 1.29 is 19.1 Å². The van der Waals surface area contributed by atoms with E-state index in [0.29, 0.717) is 40.0 Å². The number of ketones is 1. The molecule has 29 heavy (non-hydrogen) atoms. The van der Waals surface area contributed by atoms with Crippen molar-refractivity contribution in [1.82, 2.24) is 4.98 Å². The van der Waals surface area contributed by atoms with Crippen molar-refractivity contribution >= 4 is 33.8 Å². The van der Waals surface area contributed by atoms with Gasteiger partial charge in [-0.1, -0.05) is 19.1 Å². The Balaban J connectivity index is 1.73. The first-order chi connectivity index (χ1) is 14.0. The number of rotatable bonds is 8. The molecule has 0 aliphatic carbocycles. The van der Waals surface area contributed by atoms with Gasteiger partial charge in [-0.15, -0.1) is 11.3 Å². The van der Waals surface area contributed by atoms with Gasteiger partial charge in [0.2, 0.25) is 5.91 Å². The molecule has 0 aliphatic heterocycles. The van der Waals surface area contributed by atoms with Gasteiger partial charge < -0.3 is 9.47 Å². The predicted molar refractivity (Wildman–Crippen MR) is 113 cm³/mol. The van der Waals surface area contributed by atoms with Crippen LogP contribution in [0.2, 0.25) is 0 Å². The first kappa shape index (κ1) is 20.5. The molecule has 0 bridgehead atoms. The van der Waals surface area contributed by atoms with Gasteiger partial charge >= 0.3 is 0 Å². The Morgan fingerprint density at radius 2 is 1.83 bits per heavy atom. The highest BCUT2D eigenvalue weighted by atomic mass is 32.1. The van der Waals surface area contributed by atoms with Gasteiger partial charge in [-0.25, -0.2) is 4.98 Å². The average molecular weight is 410 g/mol. The number of thiazole rings is 1. The smallest absolute Gasteiger partial charge is 0.230 e. The van der Waals surface area contributed by atoms with Crippen LogP contribution in [-0.2, 0) is 11.4 Å². The molecule has 1 heterocycles. The minimum atomic E-state index is -0.160. The second kappa shape index (κ2) is 9.34. The predicted octanol–water partition coefficient (Wildman–Crippen LogP) is 5.01. The number of aromatic nitrogens is 1. The summed E-state index contributed by atoms with van der Waals surface area (Å²) in [7, 11) is 1.57. The number of carbonyl (C=O) groups is 2. The van der Waals surface area contributed by atoms with Gasteiger partial charge in [0.25, 0.3) is 0 Å². The molecule has 0 N–H and O–H groups in total. The molecule has 7 heteroatoms. The molecular weight excluding hydrogens is 388 g/mol. The van der Waals surface area contributed by atoms with Crippen LogP contribution in [0, 0.1) is 0 Å². The van der Waals surface area contributed by atoms with E-state index in [4.69, 9.17) is 9.47 Å². The third-order valence-corrected chi connectivity index (χ3v) is 5.13. The summed E-state index contributed by atoms with van der Waals surface area (Å²) >= 11 is 1.36. The quantitative estimate of drug-likeness (QED) is 0.489. The molecule has 0 spiro atoms. The number of hydrogen-bond acceptors (Lipinski definition) is 6. The minimum Gasteiger partial charge on any atom is -0.495 e. The molecule has 0 aliphatic rings. The van der Waals surface area contributed by atoms with Crippen LogP contribution in [0.3, 0.4) is 0 Å². The number of methoxy groups -OCH3 is 1. The lowest BCUT2D eigenvalue weighted by Gasteiger charge is -2.20. The van der Waals surface area contributed by atoms with Gasteiger partial charge in [-0.3, -0.25) is 14.5 Å². The number of benzene rings is 2. The van der Waals surface area contributed by atoms with Crippen molar-refractivity contribution in [3.8, 4) is 11.5 Å². The molecule has 1 amide bonds. The van der Waals surface area contributed by atoms with E-state index in [-0.39, 0.29) is 18.3 Å². The van der Waals surface area contributed by atoms with Crippen LogP contribution in [0.4, 0.5) is 10.8 Å². The van der Waals surface area contributed by atoms with Crippen molar-refractivity contribution in [3.05, 3.63) is 65.2 Å². The summed E-state index contributed by atoms with van der Waals surface area (Å²) in [5.74, 6) is 1.19. The van der Waals surface area contributed by atoms with Crippen LogP contribution in [0.1, 0.15) is 36.3 Å². The SMILES string of the molecule is CCC(=O)c1ccc(OCc2csc(N(C(C)=O)c3ccccc3OC)n2)cc1. The number of hydrogen-bond donors (Lipinski definition) is 0. The molecule has 0 saturated heterocycles. The molecule has 0 radical (unpaired) electrons. The van der Waals surface area contributed by atoms with E-state index in [2.05, 4.69) is 4.98 Å². The van der Waals surface area contributed by atoms with E-state index in [1.165, 1.54) is 23.2 Å². The van der Waals surface area contributed by atoms with Gasteiger partial charge in [0, 0.05) is 24.3 Å². The van der Waals surface area contributed by atoms with Crippen molar-refractivity contribution in [1.29, 1.82) is 0 Å². The number of Topliss-reactive ketones (excluding diaryl/α,β-unsaturated/α-hetero) is 1. The summed E-state index contributed by atoms with van der Waals surface area (Å²) in [6, 6.07) is 14.4. The number of anilines is 2. The Morgan fingerprint density at radius 3 is 2.48 bits per heavy atom. The average Bonchev–Trinajstić information content (AvgIpc) is 3.20. The second-order valence-corrected chi connectivity index (χ2v) is 7.07. The van der Waals surface area contributed by atoms with Gasteiger partial charge in [-0.2, -0.15) is 0 Å². The number of carbonyl (C=O) groups excluding carboxylic acids is 2. The van der Waals surface area contributed by atoms with Crippen molar-refractivity contribution in [2.24, 2.45) is 0 Å². The van der Waals surface area contributed by atoms with Crippen LogP contribution < -0.4 is 14.4 Å². The van der Waals surface area contributed by atoms with E-state index >= 15 is 0 Å². The maximum Gasteiger partial charge on any atom is 0.230 e. The molecule has 3 rings (SSSR count). The van der Waals surface area contributed by atoms with Crippen molar-refractivity contribution in [2.75, 3.05) is 12.0 Å². The lowest BCUT2D eigenvalue weighted by Crippen LogP contribution is -2.23. The van der Waals surface area contributed by atoms with Crippen LogP contribution in [0.5, 0.6) is 11.5 Å². The largest absolute Gasteiger partial charge is 0.495 e. The van der Waals surface area contributed by atoms with Crippen molar-refractivity contribution in [2.45, 2.75) is 26.9 Å². The standard InChI is InChI=1S/C22H22N2O4S/c1-4-20(26)16-9-11-18(12-10-16)28-13-17-14-29-22(23-17)24(15(2)25)19-7-5-6-8-21(19)27-3/h5-12,14H,4,13H2,1-3H3. The minimum absolute atomic E-state index is 0.0985. The van der Waals surface area contributed by atoms with Gasteiger partial charge in [0.15, 0.2) is 10.9 Å². The zero-order valence-electron chi connectivity index (χ0n) is 16.5. The number of nitrogens with zero attached hydrogens (tertiary/aromatic N) is 2. The zero-order chi connectivity index (χ0) is 20.8. The maximum absolute atomic E-state index is 12.3. The Kier molecular flexibility index (Phi) is 6.61. The van der Waals surface area contributed by atoms with Crippen LogP contribution in [0.15, 0.2) is 53.9 Å². The summed E-state index contributed by atoms with van der Waals surface area (Å²) < 4.78 is 11.1. The topological polar surface area (TPSA) is 68.7 Å². The highest BCUT2D eigenvalue weighted by molar-refractivity contribution is 7.14. The first-order valence-corrected chi connectivity index (χ1v) is 10.1. The van der Waals surface area contributed by atoms with Gasteiger partial charge in [0.05, 0.1) is 18.5 Å². The van der Waals surface area contributed by atoms with Crippen LogP contribution >= 0.6 is 11.3 Å². The Labute approximate surface area is 173 Å². The number of ether oxygens (including phenoxy) is 2. The molecule has 150 valence electrons. The monoisotopic (exact) mass is 410 g/mol. The van der Waals surface area contributed by atoms with Crippen LogP contribution in [-0.4, -0.2) is 23.8 Å². The van der Waals surface area contributed by atoms with E-state index in [9.17, 15) is 9.59 Å². The van der Waals surface area contributed by atoms with Crippen LogP contribution in [0.25, 0.3) is 0 Å². The molecule has 0 unspecified atom stereocenters. The van der Waals surface area contributed by atoms with E-state index < -0.39 is 0 Å². The maximum atomic E-state index is 12.3. The Hall–Kier alpha value is -3.19. The number of amides is 1. The highest BCUT2D eigenvalue weighted by Gasteiger charge is 2.21. The fraction of sp³-hybridized carbons (Fsp3) is 0.227. The molecule has 2 aromatic carbocycles.